The van der Waals surface area contributed by atoms with E-state index in [4.69, 9.17) is 4.52 Å². The molecule has 4 nitrogen and oxygen atoms in total. The number of hydrogen-bond donors (Lipinski definition) is 0. The lowest BCUT2D eigenvalue weighted by atomic mass is 10.0. The second-order valence-electron chi connectivity index (χ2n) is 5.44. The topological polar surface area (TPSA) is 46.3 Å². The Morgan fingerprint density at radius 2 is 2.09 bits per heavy atom. The van der Waals surface area contributed by atoms with E-state index in [9.17, 15) is 18.0 Å². The molecule has 2 heterocycles. The van der Waals surface area contributed by atoms with Gasteiger partial charge in [0.2, 0.25) is 5.91 Å². The first kappa shape index (κ1) is 14.9. The Balaban J connectivity index is 1.81. The molecular formula is C15H15F3N2O2. The fourth-order valence-corrected chi connectivity index (χ4v) is 2.88. The number of carbonyl (C=O) groups excluding carboxylic acids is 1. The molecule has 0 spiro atoms. The third-order valence-corrected chi connectivity index (χ3v) is 3.97. The van der Waals surface area contributed by atoms with Gasteiger partial charge in [0.25, 0.3) is 0 Å². The molecule has 1 saturated heterocycles. The molecule has 2 aromatic rings. The van der Waals surface area contributed by atoms with Gasteiger partial charge in [-0.05, 0) is 31.4 Å². The zero-order chi connectivity index (χ0) is 15.7. The lowest BCUT2D eigenvalue weighted by Gasteiger charge is -2.36. The zero-order valence-corrected chi connectivity index (χ0v) is 11.8. The van der Waals surface area contributed by atoms with Crippen LogP contribution in [0.4, 0.5) is 13.2 Å². The molecule has 22 heavy (non-hydrogen) atoms. The largest absolute Gasteiger partial charge is 0.408 e. The third kappa shape index (κ3) is 2.80. The van der Waals surface area contributed by atoms with E-state index >= 15 is 0 Å². The number of para-hydroxylation sites is 1. The number of rotatable bonds is 2. The summed E-state index contributed by atoms with van der Waals surface area (Å²) in [5.41, 5.74) is 0.906. The van der Waals surface area contributed by atoms with Gasteiger partial charge in [0.05, 0.1) is 6.42 Å². The molecule has 1 aromatic heterocycles. The van der Waals surface area contributed by atoms with Gasteiger partial charge in [-0.1, -0.05) is 17.3 Å². The van der Waals surface area contributed by atoms with Crippen LogP contribution in [0.2, 0.25) is 0 Å². The van der Waals surface area contributed by atoms with Gasteiger partial charge in [-0.2, -0.15) is 13.2 Å². The average Bonchev–Trinajstić information content (AvgIpc) is 2.90. The predicted octanol–water partition coefficient (Wildman–Crippen LogP) is 3.31. The fourth-order valence-electron chi connectivity index (χ4n) is 2.88. The van der Waals surface area contributed by atoms with Gasteiger partial charge in [-0.25, -0.2) is 0 Å². The summed E-state index contributed by atoms with van der Waals surface area (Å²) in [6.45, 7) is 0.138. The minimum absolute atomic E-state index is 0.0329. The first-order chi connectivity index (χ1) is 10.5. The Hall–Kier alpha value is -2.05. The monoisotopic (exact) mass is 312 g/mol. The van der Waals surface area contributed by atoms with Crippen LogP contribution in [-0.2, 0) is 11.2 Å². The van der Waals surface area contributed by atoms with Gasteiger partial charge in [0.15, 0.2) is 5.58 Å². The minimum Gasteiger partial charge on any atom is -0.356 e. The van der Waals surface area contributed by atoms with E-state index in [-0.39, 0.29) is 19.4 Å². The Morgan fingerprint density at radius 1 is 1.32 bits per heavy atom. The lowest BCUT2D eigenvalue weighted by Crippen LogP contribution is -2.51. The van der Waals surface area contributed by atoms with Crippen molar-refractivity contribution in [2.75, 3.05) is 6.54 Å². The molecule has 0 aliphatic carbocycles. The summed E-state index contributed by atoms with van der Waals surface area (Å²) in [6.07, 6.45) is -3.51. The number of benzene rings is 1. The number of alkyl halides is 3. The van der Waals surface area contributed by atoms with Crippen molar-refractivity contribution in [3.8, 4) is 0 Å². The van der Waals surface area contributed by atoms with Gasteiger partial charge in [-0.15, -0.1) is 0 Å². The van der Waals surface area contributed by atoms with Crippen molar-refractivity contribution in [3.05, 3.63) is 30.0 Å². The Morgan fingerprint density at radius 3 is 2.86 bits per heavy atom. The summed E-state index contributed by atoms with van der Waals surface area (Å²) < 4.78 is 44.3. The van der Waals surface area contributed by atoms with E-state index < -0.39 is 18.1 Å². The van der Waals surface area contributed by atoms with Gasteiger partial charge in [-0.3, -0.25) is 4.79 Å². The Kier molecular flexibility index (Phi) is 3.80. The van der Waals surface area contributed by atoms with Crippen LogP contribution in [0.15, 0.2) is 28.8 Å². The SMILES string of the molecule is O=C(Cc1noc2ccccc12)N1CCCCC1C(F)(F)F. The van der Waals surface area contributed by atoms with Gasteiger partial charge in [0.1, 0.15) is 11.7 Å². The highest BCUT2D eigenvalue weighted by molar-refractivity contribution is 5.86. The van der Waals surface area contributed by atoms with E-state index in [1.165, 1.54) is 0 Å². The molecule has 1 aliphatic rings. The van der Waals surface area contributed by atoms with Crippen molar-refractivity contribution in [2.24, 2.45) is 0 Å². The second-order valence-corrected chi connectivity index (χ2v) is 5.44. The van der Waals surface area contributed by atoms with Crippen molar-refractivity contribution in [3.63, 3.8) is 0 Å². The molecule has 118 valence electrons. The number of hydrogen-bond acceptors (Lipinski definition) is 3. The maximum atomic E-state index is 13.1. The molecule has 7 heteroatoms. The average molecular weight is 312 g/mol. The molecule has 0 bridgehead atoms. The van der Waals surface area contributed by atoms with Gasteiger partial charge < -0.3 is 9.42 Å². The number of fused-ring (bicyclic) bond motifs is 1. The number of piperidine rings is 1. The van der Waals surface area contributed by atoms with Crippen LogP contribution >= 0.6 is 0 Å². The summed E-state index contributed by atoms with van der Waals surface area (Å²) in [5.74, 6) is -0.555. The molecule has 3 rings (SSSR count). The van der Waals surface area contributed by atoms with E-state index in [0.717, 1.165) is 4.90 Å². The van der Waals surface area contributed by atoms with E-state index in [1.807, 2.05) is 0 Å². The van der Waals surface area contributed by atoms with Crippen LogP contribution in [0, 0.1) is 0 Å². The zero-order valence-electron chi connectivity index (χ0n) is 11.8. The first-order valence-corrected chi connectivity index (χ1v) is 7.16. The first-order valence-electron chi connectivity index (χ1n) is 7.16. The van der Waals surface area contributed by atoms with Crippen LogP contribution < -0.4 is 0 Å². The summed E-state index contributed by atoms with van der Waals surface area (Å²) in [6, 6.07) is 5.30. The minimum atomic E-state index is -4.39. The number of nitrogens with zero attached hydrogens (tertiary/aromatic N) is 2. The molecule has 1 aliphatic heterocycles. The molecule has 1 atom stereocenters. The number of aromatic nitrogens is 1. The molecule has 0 N–H and O–H groups in total. The summed E-state index contributed by atoms with van der Waals surface area (Å²) in [7, 11) is 0. The summed E-state index contributed by atoms with van der Waals surface area (Å²) >= 11 is 0. The molecule has 1 aromatic carbocycles. The smallest absolute Gasteiger partial charge is 0.356 e. The highest BCUT2D eigenvalue weighted by atomic mass is 19.4. The standard InChI is InChI=1S/C15H15F3N2O2/c16-15(17,18)13-7-3-4-8-20(13)14(21)9-11-10-5-1-2-6-12(10)22-19-11/h1-2,5-6,13H,3-4,7-9H2. The van der Waals surface area contributed by atoms with Crippen molar-refractivity contribution in [1.29, 1.82) is 0 Å². The molecule has 0 saturated carbocycles. The van der Waals surface area contributed by atoms with Crippen LogP contribution in [0.1, 0.15) is 25.0 Å². The van der Waals surface area contributed by atoms with Crippen molar-refractivity contribution in [2.45, 2.75) is 37.9 Å². The van der Waals surface area contributed by atoms with Crippen molar-refractivity contribution in [1.82, 2.24) is 10.1 Å². The highest BCUT2D eigenvalue weighted by Gasteiger charge is 2.46. The molecule has 1 fully saturated rings. The normalized spacial score (nSPS) is 19.6. The second kappa shape index (κ2) is 5.62. The summed E-state index contributed by atoms with van der Waals surface area (Å²) in [4.78, 5) is 13.2. The fraction of sp³-hybridized carbons (Fsp3) is 0.467. The Labute approximate surface area is 124 Å². The third-order valence-electron chi connectivity index (χ3n) is 3.97. The van der Waals surface area contributed by atoms with E-state index in [1.54, 1.807) is 24.3 Å². The van der Waals surface area contributed by atoms with Crippen LogP contribution in [0.25, 0.3) is 11.0 Å². The van der Waals surface area contributed by atoms with Crippen LogP contribution in [-0.4, -0.2) is 34.7 Å². The van der Waals surface area contributed by atoms with Gasteiger partial charge >= 0.3 is 6.18 Å². The number of carbonyl (C=O) groups is 1. The molecule has 1 unspecified atom stereocenters. The number of halogens is 3. The molecule has 0 radical (unpaired) electrons. The van der Waals surface area contributed by atoms with Crippen LogP contribution in [0.5, 0.6) is 0 Å². The summed E-state index contributed by atoms with van der Waals surface area (Å²) in [5, 5.41) is 4.48. The van der Waals surface area contributed by atoms with E-state index in [2.05, 4.69) is 5.16 Å². The van der Waals surface area contributed by atoms with Crippen molar-refractivity contribution < 1.29 is 22.5 Å². The predicted molar refractivity (Wildman–Crippen MR) is 73.1 cm³/mol. The maximum Gasteiger partial charge on any atom is 0.408 e. The quantitative estimate of drug-likeness (QED) is 0.854. The molecule has 1 amide bonds. The maximum absolute atomic E-state index is 13.1. The molecular weight excluding hydrogens is 297 g/mol. The van der Waals surface area contributed by atoms with E-state index in [0.29, 0.717) is 29.5 Å². The van der Waals surface area contributed by atoms with Crippen LogP contribution in [0.3, 0.4) is 0 Å². The number of amides is 1. The highest BCUT2D eigenvalue weighted by Crippen LogP contribution is 2.32. The lowest BCUT2D eigenvalue weighted by molar-refractivity contribution is -0.195. The van der Waals surface area contributed by atoms with Gasteiger partial charge in [0, 0.05) is 11.9 Å². The van der Waals surface area contributed by atoms with Crippen molar-refractivity contribution >= 4 is 16.9 Å². The Bertz CT molecular complexity index is 681. The number of likely N-dealkylation sites (tertiary alicyclic amines) is 1.